The summed E-state index contributed by atoms with van der Waals surface area (Å²) in [6.07, 6.45) is -0.605. The lowest BCUT2D eigenvalue weighted by atomic mass is 9.87. The summed E-state index contributed by atoms with van der Waals surface area (Å²) in [6.45, 7) is 11.9. The van der Waals surface area contributed by atoms with E-state index in [-0.39, 0.29) is 31.8 Å². The van der Waals surface area contributed by atoms with Crippen LogP contribution in [0.3, 0.4) is 0 Å². The van der Waals surface area contributed by atoms with Crippen LogP contribution in [-0.4, -0.2) is 38.4 Å². The summed E-state index contributed by atoms with van der Waals surface area (Å²) in [4.78, 5) is 22.7. The summed E-state index contributed by atoms with van der Waals surface area (Å²) < 4.78 is 17.2. The number of benzene rings is 1. The molecule has 0 radical (unpaired) electrons. The van der Waals surface area contributed by atoms with Gasteiger partial charge in [0, 0.05) is 5.57 Å². The topological polar surface area (TPSA) is 73.9 Å². The first-order chi connectivity index (χ1) is 12.5. The Morgan fingerprint density at radius 2 is 1.67 bits per heavy atom. The van der Waals surface area contributed by atoms with Crippen molar-refractivity contribution in [1.29, 1.82) is 0 Å². The van der Waals surface area contributed by atoms with Crippen molar-refractivity contribution in [2.75, 3.05) is 26.4 Å². The molecule has 0 aliphatic carbocycles. The van der Waals surface area contributed by atoms with Crippen LogP contribution in [0.4, 0.5) is 4.79 Å². The van der Waals surface area contributed by atoms with E-state index in [0.717, 1.165) is 14.5 Å². The van der Waals surface area contributed by atoms with Crippen LogP contribution in [0.15, 0.2) is 33.2 Å². The lowest BCUT2D eigenvalue weighted by Gasteiger charge is -2.21. The fraction of sp³-hybridized carbons (Fsp3) is 0.474. The van der Waals surface area contributed by atoms with Crippen LogP contribution in [0.5, 0.6) is 5.75 Å². The SMILES string of the molecule is C=C(C)C(=O)OCCNC(=O)OCCOc1c(Br)cc(C(C)(C)C)cc1Br. The maximum absolute atomic E-state index is 11.6. The highest BCUT2D eigenvalue weighted by atomic mass is 79.9. The summed E-state index contributed by atoms with van der Waals surface area (Å²) >= 11 is 7.03. The van der Waals surface area contributed by atoms with Gasteiger partial charge in [0.25, 0.3) is 0 Å². The number of amides is 1. The fourth-order valence-electron chi connectivity index (χ4n) is 1.88. The van der Waals surface area contributed by atoms with Crippen molar-refractivity contribution < 1.29 is 23.8 Å². The molecule has 0 fully saturated rings. The Hall–Kier alpha value is -1.54. The number of carbonyl (C=O) groups is 2. The first kappa shape index (κ1) is 23.5. The second kappa shape index (κ2) is 10.7. The number of rotatable bonds is 8. The van der Waals surface area contributed by atoms with Gasteiger partial charge in [-0.05, 0) is 61.9 Å². The van der Waals surface area contributed by atoms with Crippen molar-refractivity contribution >= 4 is 43.9 Å². The number of nitrogens with one attached hydrogen (secondary N) is 1. The van der Waals surface area contributed by atoms with E-state index in [1.807, 2.05) is 12.1 Å². The first-order valence-corrected chi connectivity index (χ1v) is 9.96. The van der Waals surface area contributed by atoms with E-state index >= 15 is 0 Å². The van der Waals surface area contributed by atoms with E-state index < -0.39 is 12.1 Å². The van der Waals surface area contributed by atoms with Crippen molar-refractivity contribution in [3.63, 3.8) is 0 Å². The molecule has 8 heteroatoms. The quantitative estimate of drug-likeness (QED) is 0.313. The van der Waals surface area contributed by atoms with E-state index in [4.69, 9.17) is 14.2 Å². The van der Waals surface area contributed by atoms with Crippen LogP contribution in [0, 0.1) is 0 Å². The fourth-order valence-corrected chi connectivity index (χ4v) is 3.30. The molecular formula is C19H25Br2NO5. The maximum Gasteiger partial charge on any atom is 0.407 e. The molecule has 1 rings (SSSR count). The van der Waals surface area contributed by atoms with Gasteiger partial charge in [-0.1, -0.05) is 27.4 Å². The smallest absolute Gasteiger partial charge is 0.407 e. The van der Waals surface area contributed by atoms with Gasteiger partial charge in [-0.2, -0.15) is 0 Å². The molecule has 0 heterocycles. The predicted molar refractivity (Wildman–Crippen MR) is 111 cm³/mol. The van der Waals surface area contributed by atoms with Gasteiger partial charge < -0.3 is 19.5 Å². The number of hydrogen-bond acceptors (Lipinski definition) is 5. The van der Waals surface area contributed by atoms with Crippen molar-refractivity contribution in [3.05, 3.63) is 38.8 Å². The van der Waals surface area contributed by atoms with Crippen LogP contribution < -0.4 is 10.1 Å². The molecule has 0 aromatic heterocycles. The molecular weight excluding hydrogens is 482 g/mol. The molecule has 1 N–H and O–H groups in total. The van der Waals surface area contributed by atoms with Crippen LogP contribution in [0.2, 0.25) is 0 Å². The molecule has 150 valence electrons. The van der Waals surface area contributed by atoms with Gasteiger partial charge in [-0.15, -0.1) is 0 Å². The number of esters is 1. The van der Waals surface area contributed by atoms with Crippen molar-refractivity contribution in [2.24, 2.45) is 0 Å². The van der Waals surface area contributed by atoms with Gasteiger partial charge in [0.2, 0.25) is 0 Å². The number of carbonyl (C=O) groups excluding carboxylic acids is 2. The second-order valence-corrected chi connectivity index (χ2v) is 8.56. The summed E-state index contributed by atoms with van der Waals surface area (Å²) in [5.41, 5.74) is 1.49. The average molecular weight is 507 g/mol. The van der Waals surface area contributed by atoms with E-state index in [1.165, 1.54) is 0 Å². The Labute approximate surface area is 176 Å². The van der Waals surface area contributed by atoms with Crippen LogP contribution in [0.25, 0.3) is 0 Å². The Balaban J connectivity index is 2.35. The molecule has 0 saturated carbocycles. The third-order valence-electron chi connectivity index (χ3n) is 3.38. The number of hydrogen-bond donors (Lipinski definition) is 1. The van der Waals surface area contributed by atoms with Crippen molar-refractivity contribution in [3.8, 4) is 5.75 Å². The molecule has 6 nitrogen and oxygen atoms in total. The van der Waals surface area contributed by atoms with Crippen molar-refractivity contribution in [1.82, 2.24) is 5.32 Å². The Kier molecular flexibility index (Phi) is 9.32. The Bertz CT molecular complexity index is 675. The largest absolute Gasteiger partial charge is 0.488 e. The zero-order valence-corrected chi connectivity index (χ0v) is 19.2. The molecule has 0 unspecified atom stereocenters. The molecule has 0 aliphatic heterocycles. The lowest BCUT2D eigenvalue weighted by Crippen LogP contribution is -2.29. The molecule has 0 spiro atoms. The minimum Gasteiger partial charge on any atom is -0.488 e. The van der Waals surface area contributed by atoms with Crippen molar-refractivity contribution in [2.45, 2.75) is 33.1 Å². The molecule has 27 heavy (non-hydrogen) atoms. The third-order valence-corrected chi connectivity index (χ3v) is 4.56. The molecule has 0 atom stereocenters. The minimum absolute atomic E-state index is 0.0173. The van der Waals surface area contributed by atoms with E-state index in [9.17, 15) is 9.59 Å². The zero-order valence-electron chi connectivity index (χ0n) is 16.0. The molecule has 1 aromatic carbocycles. The molecule has 0 bridgehead atoms. The minimum atomic E-state index is -0.605. The number of halogens is 2. The summed E-state index contributed by atoms with van der Waals surface area (Å²) in [5.74, 6) is 0.158. The van der Waals surface area contributed by atoms with Gasteiger partial charge in [0.15, 0.2) is 0 Å². The van der Waals surface area contributed by atoms with Gasteiger partial charge in [0.1, 0.15) is 25.6 Å². The highest BCUT2D eigenvalue weighted by Gasteiger charge is 2.18. The molecule has 1 amide bonds. The highest BCUT2D eigenvalue weighted by Crippen LogP contribution is 2.38. The first-order valence-electron chi connectivity index (χ1n) is 8.38. The van der Waals surface area contributed by atoms with Gasteiger partial charge in [-0.25, -0.2) is 9.59 Å². The van der Waals surface area contributed by atoms with Gasteiger partial charge in [-0.3, -0.25) is 0 Å². The summed E-state index contributed by atoms with van der Waals surface area (Å²) in [5, 5.41) is 2.48. The van der Waals surface area contributed by atoms with Gasteiger partial charge in [0.05, 0.1) is 15.5 Å². The summed E-state index contributed by atoms with van der Waals surface area (Å²) in [6, 6.07) is 4.03. The average Bonchev–Trinajstić information content (AvgIpc) is 2.55. The normalized spacial score (nSPS) is 10.9. The Morgan fingerprint density at radius 3 is 2.19 bits per heavy atom. The van der Waals surface area contributed by atoms with Crippen LogP contribution in [-0.2, 0) is 19.7 Å². The van der Waals surface area contributed by atoms with E-state index in [2.05, 4.69) is 64.5 Å². The molecule has 0 aliphatic rings. The van der Waals surface area contributed by atoms with E-state index in [0.29, 0.717) is 11.3 Å². The molecule has 1 aromatic rings. The van der Waals surface area contributed by atoms with Crippen LogP contribution >= 0.6 is 31.9 Å². The standard InChI is InChI=1S/C19H25Br2NO5/c1-12(2)17(23)26-7-6-22-18(24)27-9-8-25-16-14(20)10-13(11-15(16)21)19(3,4)5/h10-11H,1,6-9H2,2-5H3,(H,22,24). The second-order valence-electron chi connectivity index (χ2n) is 6.85. The lowest BCUT2D eigenvalue weighted by molar-refractivity contribution is -0.138. The monoisotopic (exact) mass is 505 g/mol. The van der Waals surface area contributed by atoms with Gasteiger partial charge >= 0.3 is 12.1 Å². The number of ether oxygens (including phenoxy) is 3. The molecule has 0 saturated heterocycles. The highest BCUT2D eigenvalue weighted by molar-refractivity contribution is 9.11. The zero-order chi connectivity index (χ0) is 20.6. The Morgan fingerprint density at radius 1 is 1.07 bits per heavy atom. The summed E-state index contributed by atoms with van der Waals surface area (Å²) in [7, 11) is 0. The third kappa shape index (κ3) is 8.34. The maximum atomic E-state index is 11.6. The van der Waals surface area contributed by atoms with E-state index in [1.54, 1.807) is 6.92 Å². The number of alkyl carbamates (subject to hydrolysis) is 1. The van der Waals surface area contributed by atoms with Crippen LogP contribution in [0.1, 0.15) is 33.3 Å². The predicted octanol–water partition coefficient (Wildman–Crippen LogP) is 4.73.